The zero-order chi connectivity index (χ0) is 22.7. The number of rotatable bonds is 6. The molecule has 4 aromatic rings. The van der Waals surface area contributed by atoms with Crippen molar-refractivity contribution in [1.29, 1.82) is 0 Å². The molecule has 0 fully saturated rings. The van der Waals surface area contributed by atoms with Crippen molar-refractivity contribution < 1.29 is 14.3 Å². The van der Waals surface area contributed by atoms with E-state index in [1.165, 1.54) is 14.2 Å². The van der Waals surface area contributed by atoms with E-state index in [4.69, 9.17) is 9.47 Å². The molecule has 162 valence electrons. The van der Waals surface area contributed by atoms with E-state index in [2.05, 4.69) is 15.3 Å². The number of amides is 1. The van der Waals surface area contributed by atoms with Crippen molar-refractivity contribution in [3.8, 4) is 11.5 Å². The Kier molecular flexibility index (Phi) is 5.85. The van der Waals surface area contributed by atoms with E-state index in [9.17, 15) is 9.59 Å². The van der Waals surface area contributed by atoms with E-state index < -0.39 is 0 Å². The molecule has 4 rings (SSSR count). The van der Waals surface area contributed by atoms with Crippen molar-refractivity contribution in [2.75, 3.05) is 19.5 Å². The summed E-state index contributed by atoms with van der Waals surface area (Å²) in [6.07, 6.45) is 5.10. The highest BCUT2D eigenvalue weighted by Gasteiger charge is 2.15. The molecule has 1 amide bonds. The summed E-state index contributed by atoms with van der Waals surface area (Å²) >= 11 is 0. The lowest BCUT2D eigenvalue weighted by molar-refractivity contribution is 0.102. The smallest absolute Gasteiger partial charge is 0.260 e. The molecule has 0 saturated carbocycles. The fourth-order valence-electron chi connectivity index (χ4n) is 3.43. The molecular formula is C24H22N4O4. The van der Waals surface area contributed by atoms with Gasteiger partial charge in [0.15, 0.2) is 0 Å². The molecule has 0 aliphatic rings. The minimum Gasteiger partial charge on any atom is -0.497 e. The third kappa shape index (κ3) is 4.29. The molecular weight excluding hydrogens is 408 g/mol. The number of pyridine rings is 3. The Bertz CT molecular complexity index is 1330. The van der Waals surface area contributed by atoms with Gasteiger partial charge in [-0.25, -0.2) is 0 Å². The van der Waals surface area contributed by atoms with Gasteiger partial charge in [-0.1, -0.05) is 6.07 Å². The number of aromatic nitrogens is 3. The normalized spacial score (nSPS) is 10.7. The minimum atomic E-state index is -0.380. The van der Waals surface area contributed by atoms with E-state index in [1.807, 2.05) is 12.1 Å². The molecule has 0 aliphatic carbocycles. The number of hydrogen-bond donors (Lipinski definition) is 1. The average Bonchev–Trinajstić information content (AvgIpc) is 2.81. The molecule has 0 saturated heterocycles. The highest BCUT2D eigenvalue weighted by molar-refractivity contribution is 6.06. The minimum absolute atomic E-state index is 0.226. The Morgan fingerprint density at radius 3 is 2.50 bits per heavy atom. The number of hydrogen-bond acceptors (Lipinski definition) is 6. The first-order valence-corrected chi connectivity index (χ1v) is 9.92. The zero-order valence-corrected chi connectivity index (χ0v) is 18.0. The van der Waals surface area contributed by atoms with Gasteiger partial charge in [-0.3, -0.25) is 19.6 Å². The van der Waals surface area contributed by atoms with Gasteiger partial charge >= 0.3 is 0 Å². The summed E-state index contributed by atoms with van der Waals surface area (Å²) in [5.41, 5.74) is 2.56. The van der Waals surface area contributed by atoms with Crippen molar-refractivity contribution in [1.82, 2.24) is 14.5 Å². The predicted octanol–water partition coefficient (Wildman–Crippen LogP) is 3.42. The summed E-state index contributed by atoms with van der Waals surface area (Å²) in [7, 11) is 3.07. The maximum absolute atomic E-state index is 13.1. The molecule has 0 radical (unpaired) electrons. The summed E-state index contributed by atoms with van der Waals surface area (Å²) < 4.78 is 12.1. The van der Waals surface area contributed by atoms with Crippen LogP contribution >= 0.6 is 0 Å². The molecule has 3 heterocycles. The third-order valence-electron chi connectivity index (χ3n) is 5.08. The lowest BCUT2D eigenvalue weighted by Crippen LogP contribution is -2.22. The van der Waals surface area contributed by atoms with Gasteiger partial charge in [0.1, 0.15) is 11.5 Å². The quantitative estimate of drug-likeness (QED) is 0.504. The average molecular weight is 430 g/mol. The van der Waals surface area contributed by atoms with Gasteiger partial charge in [-0.05, 0) is 30.7 Å². The largest absolute Gasteiger partial charge is 0.497 e. The van der Waals surface area contributed by atoms with Gasteiger partial charge in [0.2, 0.25) is 0 Å². The molecule has 0 bridgehead atoms. The van der Waals surface area contributed by atoms with E-state index in [-0.39, 0.29) is 11.5 Å². The van der Waals surface area contributed by atoms with Crippen LogP contribution in [0.1, 0.15) is 21.6 Å². The molecule has 1 aromatic carbocycles. The van der Waals surface area contributed by atoms with Crippen LogP contribution in [0.15, 0.2) is 65.8 Å². The van der Waals surface area contributed by atoms with E-state index in [0.29, 0.717) is 45.9 Å². The molecule has 32 heavy (non-hydrogen) atoms. The molecule has 0 atom stereocenters. The number of carbonyl (C=O) groups is 1. The van der Waals surface area contributed by atoms with Crippen molar-refractivity contribution >= 4 is 22.5 Å². The van der Waals surface area contributed by atoms with E-state index in [0.717, 1.165) is 5.56 Å². The number of benzene rings is 1. The number of ether oxygens (including phenoxy) is 2. The molecule has 1 N–H and O–H groups in total. The first-order valence-electron chi connectivity index (χ1n) is 9.92. The number of nitrogens with one attached hydrogen (secondary N) is 1. The summed E-state index contributed by atoms with van der Waals surface area (Å²) in [6, 6.07) is 12.2. The Morgan fingerprint density at radius 1 is 1.09 bits per heavy atom. The Hall–Kier alpha value is -4.20. The van der Waals surface area contributed by atoms with Gasteiger partial charge in [0.05, 0.1) is 42.9 Å². The van der Waals surface area contributed by atoms with Crippen LogP contribution in [0.25, 0.3) is 10.9 Å². The fraction of sp³-hybridized carbons (Fsp3) is 0.167. The summed E-state index contributed by atoms with van der Waals surface area (Å²) in [5, 5.41) is 3.20. The second kappa shape index (κ2) is 8.89. The van der Waals surface area contributed by atoms with Crippen LogP contribution in [-0.2, 0) is 6.54 Å². The van der Waals surface area contributed by atoms with Gasteiger partial charge in [-0.2, -0.15) is 0 Å². The van der Waals surface area contributed by atoms with Gasteiger partial charge in [0.25, 0.3) is 11.5 Å². The molecule has 8 heteroatoms. The number of anilines is 1. The second-order valence-electron chi connectivity index (χ2n) is 7.22. The second-order valence-corrected chi connectivity index (χ2v) is 7.22. The zero-order valence-electron chi connectivity index (χ0n) is 18.0. The van der Waals surface area contributed by atoms with Crippen LogP contribution in [0.4, 0.5) is 5.69 Å². The van der Waals surface area contributed by atoms with Crippen LogP contribution in [0.2, 0.25) is 0 Å². The molecule has 0 unspecified atom stereocenters. The maximum Gasteiger partial charge on any atom is 0.260 e. The van der Waals surface area contributed by atoms with Gasteiger partial charge in [0, 0.05) is 42.5 Å². The van der Waals surface area contributed by atoms with Crippen molar-refractivity contribution in [3.05, 3.63) is 88.2 Å². The van der Waals surface area contributed by atoms with Crippen LogP contribution < -0.4 is 20.3 Å². The molecule has 0 aliphatic heterocycles. The molecule has 0 spiro atoms. The number of nitrogens with zero attached hydrogens (tertiary/aromatic N) is 3. The Morgan fingerprint density at radius 2 is 1.84 bits per heavy atom. The highest BCUT2D eigenvalue weighted by atomic mass is 16.5. The SMILES string of the molecule is COc1cc(NC(=O)c2cc3c(=O)n(Cc4cccnc4)ccc3nc2C)cc(OC)c1. The Labute approximate surface area is 184 Å². The summed E-state index contributed by atoms with van der Waals surface area (Å²) in [6.45, 7) is 2.11. The topological polar surface area (TPSA) is 95.3 Å². The number of methoxy groups -OCH3 is 2. The standard InChI is InChI=1S/C24H22N4O4/c1-15-20(23(29)27-17-9-18(31-2)11-19(10-17)32-3)12-21-22(26-15)6-8-28(24(21)30)14-16-5-4-7-25-13-16/h4-13H,14H2,1-3H3,(H,27,29). The summed E-state index contributed by atoms with van der Waals surface area (Å²) in [4.78, 5) is 34.7. The summed E-state index contributed by atoms with van der Waals surface area (Å²) in [5.74, 6) is 0.715. The predicted molar refractivity (Wildman–Crippen MR) is 122 cm³/mol. The van der Waals surface area contributed by atoms with Crippen LogP contribution in [-0.4, -0.2) is 34.7 Å². The van der Waals surface area contributed by atoms with E-state index in [1.54, 1.807) is 60.4 Å². The number of carbonyl (C=O) groups excluding carboxylic acids is 1. The third-order valence-corrected chi connectivity index (χ3v) is 5.08. The lowest BCUT2D eigenvalue weighted by Gasteiger charge is -2.12. The van der Waals surface area contributed by atoms with E-state index >= 15 is 0 Å². The highest BCUT2D eigenvalue weighted by Crippen LogP contribution is 2.26. The van der Waals surface area contributed by atoms with Crippen LogP contribution in [0, 0.1) is 6.92 Å². The van der Waals surface area contributed by atoms with Gasteiger partial charge < -0.3 is 19.4 Å². The Balaban J connectivity index is 1.69. The van der Waals surface area contributed by atoms with Crippen molar-refractivity contribution in [3.63, 3.8) is 0 Å². The lowest BCUT2D eigenvalue weighted by atomic mass is 10.1. The monoisotopic (exact) mass is 430 g/mol. The van der Waals surface area contributed by atoms with Crippen molar-refractivity contribution in [2.24, 2.45) is 0 Å². The maximum atomic E-state index is 13.1. The number of fused-ring (bicyclic) bond motifs is 1. The van der Waals surface area contributed by atoms with Crippen LogP contribution in [0.3, 0.4) is 0 Å². The number of aryl methyl sites for hydroxylation is 1. The van der Waals surface area contributed by atoms with Gasteiger partial charge in [-0.15, -0.1) is 0 Å². The fourth-order valence-corrected chi connectivity index (χ4v) is 3.43. The van der Waals surface area contributed by atoms with Crippen molar-refractivity contribution in [2.45, 2.75) is 13.5 Å². The molecule has 8 nitrogen and oxygen atoms in total. The first kappa shape index (κ1) is 21.0. The van der Waals surface area contributed by atoms with Crippen LogP contribution in [0.5, 0.6) is 11.5 Å². The first-order chi connectivity index (χ1) is 15.5. The molecule has 3 aromatic heterocycles.